The molecule has 19 heavy (non-hydrogen) atoms. The van der Waals surface area contributed by atoms with Gasteiger partial charge in [-0.3, -0.25) is 10.1 Å². The molecule has 0 saturated heterocycles. The second kappa shape index (κ2) is 7.58. The summed E-state index contributed by atoms with van der Waals surface area (Å²) in [5.41, 5.74) is 0.413. The van der Waals surface area contributed by atoms with Gasteiger partial charge in [0.15, 0.2) is 5.75 Å². The zero-order chi connectivity index (χ0) is 14.3. The number of para-hydroxylation sites is 1. The van der Waals surface area contributed by atoms with Crippen molar-refractivity contribution in [2.24, 2.45) is 0 Å². The first-order chi connectivity index (χ1) is 9.10. The van der Waals surface area contributed by atoms with E-state index in [1.165, 1.54) is 0 Å². The molecule has 1 unspecified atom stereocenters. The Bertz CT molecular complexity index is 423. The number of nitro groups is 1. The summed E-state index contributed by atoms with van der Waals surface area (Å²) in [7, 11) is 0. The third kappa shape index (κ3) is 4.40. The molecule has 1 N–H and O–H groups in total. The molecular weight excluding hydrogens is 248 g/mol. The van der Waals surface area contributed by atoms with Crippen LogP contribution in [0.1, 0.15) is 20.8 Å². The van der Waals surface area contributed by atoms with Gasteiger partial charge in [0.05, 0.1) is 18.1 Å². The van der Waals surface area contributed by atoms with Crippen LogP contribution in [0.4, 0.5) is 11.4 Å². The molecule has 0 fully saturated rings. The summed E-state index contributed by atoms with van der Waals surface area (Å²) in [4.78, 5) is 10.7. The highest BCUT2D eigenvalue weighted by atomic mass is 16.6. The topological polar surface area (TPSA) is 73.6 Å². The zero-order valence-corrected chi connectivity index (χ0v) is 11.5. The number of rotatable bonds is 8. The maximum absolute atomic E-state index is 11.2. The standard InChI is InChI=1S/C13H20N2O4/c1-4-18-9-10(3)14-11-7-6-8-12(19-5-2)13(11)15(16)17/h6-8,10,14H,4-5,9H2,1-3H3. The minimum absolute atomic E-state index is 0.0180. The summed E-state index contributed by atoms with van der Waals surface area (Å²) in [6.07, 6.45) is 0. The van der Waals surface area contributed by atoms with E-state index in [9.17, 15) is 10.1 Å². The number of hydrogen-bond acceptors (Lipinski definition) is 5. The molecule has 0 radical (unpaired) electrons. The van der Waals surface area contributed by atoms with E-state index in [0.29, 0.717) is 25.5 Å². The normalized spacial score (nSPS) is 11.9. The highest BCUT2D eigenvalue weighted by Crippen LogP contribution is 2.35. The van der Waals surface area contributed by atoms with Crippen molar-refractivity contribution in [1.82, 2.24) is 0 Å². The lowest BCUT2D eigenvalue weighted by atomic mass is 10.2. The van der Waals surface area contributed by atoms with Crippen molar-refractivity contribution in [1.29, 1.82) is 0 Å². The molecule has 0 bridgehead atoms. The van der Waals surface area contributed by atoms with Crippen LogP contribution < -0.4 is 10.1 Å². The van der Waals surface area contributed by atoms with E-state index >= 15 is 0 Å². The first-order valence-corrected chi connectivity index (χ1v) is 6.34. The zero-order valence-electron chi connectivity index (χ0n) is 11.5. The number of nitrogens with one attached hydrogen (secondary N) is 1. The molecule has 0 aliphatic heterocycles. The number of anilines is 1. The van der Waals surface area contributed by atoms with Crippen molar-refractivity contribution in [2.45, 2.75) is 26.8 Å². The molecule has 0 saturated carbocycles. The van der Waals surface area contributed by atoms with Crippen LogP contribution in [0.25, 0.3) is 0 Å². The summed E-state index contributed by atoms with van der Waals surface area (Å²) in [5.74, 6) is 0.279. The molecule has 6 heteroatoms. The predicted octanol–water partition coefficient (Wildman–Crippen LogP) is 2.83. The summed E-state index contributed by atoms with van der Waals surface area (Å²) in [6.45, 7) is 7.11. The molecule has 1 rings (SSSR count). The molecule has 0 spiro atoms. The summed E-state index contributed by atoms with van der Waals surface area (Å²) < 4.78 is 10.6. The summed E-state index contributed by atoms with van der Waals surface area (Å²) in [6, 6.07) is 4.98. The predicted molar refractivity (Wildman–Crippen MR) is 73.8 cm³/mol. The Balaban J connectivity index is 2.93. The van der Waals surface area contributed by atoms with Crippen LogP contribution in [-0.2, 0) is 4.74 Å². The highest BCUT2D eigenvalue weighted by Gasteiger charge is 2.21. The molecule has 0 aromatic heterocycles. The Labute approximate surface area is 112 Å². The monoisotopic (exact) mass is 268 g/mol. The highest BCUT2D eigenvalue weighted by molar-refractivity contribution is 5.68. The van der Waals surface area contributed by atoms with Gasteiger partial charge in [-0.25, -0.2) is 0 Å². The number of ether oxygens (including phenoxy) is 2. The van der Waals surface area contributed by atoms with Crippen LogP contribution in [0.2, 0.25) is 0 Å². The summed E-state index contributed by atoms with van der Waals surface area (Å²) >= 11 is 0. The summed E-state index contributed by atoms with van der Waals surface area (Å²) in [5, 5.41) is 14.2. The molecule has 1 aromatic rings. The van der Waals surface area contributed by atoms with Crippen LogP contribution in [-0.4, -0.2) is 30.8 Å². The Morgan fingerprint density at radius 3 is 2.68 bits per heavy atom. The Kier molecular flexibility index (Phi) is 6.08. The fourth-order valence-electron chi connectivity index (χ4n) is 1.70. The van der Waals surface area contributed by atoms with Gasteiger partial charge >= 0.3 is 5.69 Å². The smallest absolute Gasteiger partial charge is 0.333 e. The van der Waals surface area contributed by atoms with Gasteiger partial charge in [0, 0.05) is 12.6 Å². The number of nitrogens with zero attached hydrogens (tertiary/aromatic N) is 1. The first-order valence-electron chi connectivity index (χ1n) is 6.34. The van der Waals surface area contributed by atoms with Crippen molar-refractivity contribution < 1.29 is 14.4 Å². The lowest BCUT2D eigenvalue weighted by Crippen LogP contribution is -2.22. The molecule has 6 nitrogen and oxygen atoms in total. The van der Waals surface area contributed by atoms with E-state index in [0.717, 1.165) is 0 Å². The third-order valence-electron chi connectivity index (χ3n) is 2.46. The SMILES string of the molecule is CCOCC(C)Nc1cccc(OCC)c1[N+](=O)[O-]. The van der Waals surface area contributed by atoms with Crippen LogP contribution in [0.15, 0.2) is 18.2 Å². The average Bonchev–Trinajstić information content (AvgIpc) is 2.36. The van der Waals surface area contributed by atoms with E-state index in [4.69, 9.17) is 9.47 Å². The molecule has 0 amide bonds. The van der Waals surface area contributed by atoms with Gasteiger partial charge in [-0.1, -0.05) is 6.07 Å². The number of benzene rings is 1. The fourth-order valence-corrected chi connectivity index (χ4v) is 1.70. The molecule has 106 valence electrons. The van der Waals surface area contributed by atoms with Crippen molar-refractivity contribution in [3.63, 3.8) is 0 Å². The van der Waals surface area contributed by atoms with Crippen molar-refractivity contribution in [2.75, 3.05) is 25.1 Å². The molecular formula is C13H20N2O4. The molecule has 0 aliphatic rings. The largest absolute Gasteiger partial charge is 0.487 e. The van der Waals surface area contributed by atoms with Crippen LogP contribution in [0.3, 0.4) is 0 Å². The maximum atomic E-state index is 11.2. The number of hydrogen-bond donors (Lipinski definition) is 1. The van der Waals surface area contributed by atoms with Gasteiger partial charge in [0.2, 0.25) is 0 Å². The first kappa shape index (κ1) is 15.2. The average molecular weight is 268 g/mol. The number of nitro benzene ring substituents is 1. The maximum Gasteiger partial charge on any atom is 0.333 e. The Morgan fingerprint density at radius 2 is 2.11 bits per heavy atom. The van der Waals surface area contributed by atoms with E-state index in [-0.39, 0.29) is 17.5 Å². The fraction of sp³-hybridized carbons (Fsp3) is 0.538. The molecule has 0 heterocycles. The second-order valence-corrected chi connectivity index (χ2v) is 4.05. The van der Waals surface area contributed by atoms with Crippen LogP contribution in [0, 0.1) is 10.1 Å². The lowest BCUT2D eigenvalue weighted by molar-refractivity contribution is -0.385. The minimum atomic E-state index is -0.430. The van der Waals surface area contributed by atoms with E-state index < -0.39 is 4.92 Å². The van der Waals surface area contributed by atoms with E-state index in [1.54, 1.807) is 25.1 Å². The molecule has 1 aromatic carbocycles. The van der Waals surface area contributed by atoms with Gasteiger partial charge in [0.1, 0.15) is 5.69 Å². The molecule has 0 aliphatic carbocycles. The van der Waals surface area contributed by atoms with Crippen molar-refractivity contribution in [3.8, 4) is 5.75 Å². The van der Waals surface area contributed by atoms with Gasteiger partial charge < -0.3 is 14.8 Å². The van der Waals surface area contributed by atoms with Gasteiger partial charge in [0.25, 0.3) is 0 Å². The quantitative estimate of drug-likeness (QED) is 0.579. The van der Waals surface area contributed by atoms with E-state index in [1.807, 2.05) is 13.8 Å². The van der Waals surface area contributed by atoms with Crippen LogP contribution >= 0.6 is 0 Å². The Hall–Kier alpha value is -1.82. The third-order valence-corrected chi connectivity index (χ3v) is 2.46. The molecule has 1 atom stereocenters. The van der Waals surface area contributed by atoms with Gasteiger partial charge in [-0.15, -0.1) is 0 Å². The van der Waals surface area contributed by atoms with Crippen LogP contribution in [0.5, 0.6) is 5.75 Å². The van der Waals surface area contributed by atoms with Gasteiger partial charge in [-0.2, -0.15) is 0 Å². The van der Waals surface area contributed by atoms with E-state index in [2.05, 4.69) is 5.32 Å². The Morgan fingerprint density at radius 1 is 1.37 bits per heavy atom. The second-order valence-electron chi connectivity index (χ2n) is 4.05. The lowest BCUT2D eigenvalue weighted by Gasteiger charge is -2.16. The van der Waals surface area contributed by atoms with Crippen molar-refractivity contribution in [3.05, 3.63) is 28.3 Å². The van der Waals surface area contributed by atoms with Crippen molar-refractivity contribution >= 4 is 11.4 Å². The van der Waals surface area contributed by atoms with Gasteiger partial charge in [-0.05, 0) is 32.9 Å². The minimum Gasteiger partial charge on any atom is -0.487 e.